The summed E-state index contributed by atoms with van der Waals surface area (Å²) in [5.41, 5.74) is 4.36. The van der Waals surface area contributed by atoms with Crippen molar-refractivity contribution >= 4 is 0 Å². The molecule has 1 saturated carbocycles. The van der Waals surface area contributed by atoms with Crippen molar-refractivity contribution in [2.45, 2.75) is 84.7 Å². The second-order valence-corrected chi connectivity index (χ2v) is 6.32. The monoisotopic (exact) mass is 277 g/mol. The van der Waals surface area contributed by atoms with Crippen LogP contribution in [0.2, 0.25) is 0 Å². The van der Waals surface area contributed by atoms with E-state index in [1.54, 1.807) is 0 Å². The van der Waals surface area contributed by atoms with Gasteiger partial charge in [0.15, 0.2) is 0 Å². The molecule has 20 heavy (non-hydrogen) atoms. The van der Waals surface area contributed by atoms with Crippen LogP contribution >= 0.6 is 0 Å². The van der Waals surface area contributed by atoms with Crippen LogP contribution in [0.15, 0.2) is 0 Å². The highest BCUT2D eigenvalue weighted by Gasteiger charge is 2.23. The Morgan fingerprint density at radius 1 is 1.20 bits per heavy atom. The van der Waals surface area contributed by atoms with Crippen molar-refractivity contribution in [3.05, 3.63) is 17.0 Å². The molecule has 1 aliphatic rings. The lowest BCUT2D eigenvalue weighted by molar-refractivity contribution is 0.447. The topological polar surface area (TPSA) is 29.9 Å². The molecule has 0 atom stereocenters. The largest absolute Gasteiger partial charge is 0.314 e. The molecule has 1 aromatic rings. The van der Waals surface area contributed by atoms with Gasteiger partial charge in [-0.1, -0.05) is 40.5 Å². The normalized spacial score (nSPS) is 16.4. The zero-order valence-electron chi connectivity index (χ0n) is 13.7. The van der Waals surface area contributed by atoms with Crippen LogP contribution in [0, 0.1) is 0 Å². The van der Waals surface area contributed by atoms with E-state index in [-0.39, 0.29) is 0 Å². The molecule has 0 saturated heterocycles. The molecule has 0 radical (unpaired) electrons. The first-order chi connectivity index (χ1) is 9.67. The standard InChI is InChI=1S/C17H31N3/c1-5-16-15(11-12-18-13(3)4)17(6-2)20(19-16)14-9-7-8-10-14/h13-14,18H,5-12H2,1-4H3. The van der Waals surface area contributed by atoms with Gasteiger partial charge in [-0.2, -0.15) is 5.10 Å². The molecule has 1 heterocycles. The van der Waals surface area contributed by atoms with Gasteiger partial charge >= 0.3 is 0 Å². The second kappa shape index (κ2) is 7.26. The molecular formula is C17H31N3. The van der Waals surface area contributed by atoms with Gasteiger partial charge in [-0.15, -0.1) is 0 Å². The number of aromatic nitrogens is 2. The van der Waals surface area contributed by atoms with Crippen molar-refractivity contribution in [1.29, 1.82) is 0 Å². The van der Waals surface area contributed by atoms with E-state index in [0.717, 1.165) is 25.8 Å². The summed E-state index contributed by atoms with van der Waals surface area (Å²) in [4.78, 5) is 0. The predicted octanol–water partition coefficient (Wildman–Crippen LogP) is 3.66. The minimum Gasteiger partial charge on any atom is -0.314 e. The molecular weight excluding hydrogens is 246 g/mol. The highest BCUT2D eigenvalue weighted by Crippen LogP contribution is 2.32. The Morgan fingerprint density at radius 3 is 2.45 bits per heavy atom. The van der Waals surface area contributed by atoms with E-state index in [1.807, 2.05) is 0 Å². The quantitative estimate of drug-likeness (QED) is 0.824. The first-order valence-electron chi connectivity index (χ1n) is 8.49. The average Bonchev–Trinajstić information content (AvgIpc) is 3.04. The van der Waals surface area contributed by atoms with Crippen LogP contribution in [0.4, 0.5) is 0 Å². The molecule has 0 unspecified atom stereocenters. The lowest BCUT2D eigenvalue weighted by Crippen LogP contribution is -2.25. The van der Waals surface area contributed by atoms with Gasteiger partial charge in [0.2, 0.25) is 0 Å². The number of rotatable bonds is 7. The third kappa shape index (κ3) is 3.43. The zero-order chi connectivity index (χ0) is 14.5. The van der Waals surface area contributed by atoms with Gasteiger partial charge in [0.25, 0.3) is 0 Å². The number of hydrogen-bond donors (Lipinski definition) is 1. The summed E-state index contributed by atoms with van der Waals surface area (Å²) in [7, 11) is 0. The van der Waals surface area contributed by atoms with Crippen LogP contribution in [0.5, 0.6) is 0 Å². The molecule has 0 spiro atoms. The molecule has 2 rings (SSSR count). The van der Waals surface area contributed by atoms with Crippen LogP contribution in [0.25, 0.3) is 0 Å². The van der Waals surface area contributed by atoms with E-state index in [1.165, 1.54) is 42.6 Å². The third-order valence-corrected chi connectivity index (χ3v) is 4.47. The third-order valence-electron chi connectivity index (χ3n) is 4.47. The first kappa shape index (κ1) is 15.6. The predicted molar refractivity (Wildman–Crippen MR) is 85.3 cm³/mol. The highest BCUT2D eigenvalue weighted by atomic mass is 15.3. The maximum atomic E-state index is 4.97. The average molecular weight is 277 g/mol. The summed E-state index contributed by atoms with van der Waals surface area (Å²) < 4.78 is 2.39. The molecule has 1 aromatic heterocycles. The van der Waals surface area contributed by atoms with Crippen LogP contribution in [-0.4, -0.2) is 22.4 Å². The van der Waals surface area contributed by atoms with Crippen molar-refractivity contribution in [2.24, 2.45) is 0 Å². The molecule has 1 N–H and O–H groups in total. The van der Waals surface area contributed by atoms with E-state index in [2.05, 4.69) is 37.7 Å². The number of nitrogens with one attached hydrogen (secondary N) is 1. The van der Waals surface area contributed by atoms with Crippen LogP contribution in [0.1, 0.15) is 76.4 Å². The van der Waals surface area contributed by atoms with Gasteiger partial charge < -0.3 is 5.32 Å². The van der Waals surface area contributed by atoms with Crippen molar-refractivity contribution in [3.8, 4) is 0 Å². The van der Waals surface area contributed by atoms with E-state index >= 15 is 0 Å². The van der Waals surface area contributed by atoms with Gasteiger partial charge in [-0.05, 0) is 44.2 Å². The maximum Gasteiger partial charge on any atom is 0.0657 e. The number of hydrogen-bond acceptors (Lipinski definition) is 2. The molecule has 0 aromatic carbocycles. The van der Waals surface area contributed by atoms with Crippen molar-refractivity contribution < 1.29 is 0 Å². The summed E-state index contributed by atoms with van der Waals surface area (Å²) in [5, 5.41) is 8.51. The van der Waals surface area contributed by atoms with Gasteiger partial charge in [0, 0.05) is 11.7 Å². The minimum atomic E-state index is 0.565. The van der Waals surface area contributed by atoms with E-state index in [0.29, 0.717) is 12.1 Å². The molecule has 114 valence electrons. The van der Waals surface area contributed by atoms with E-state index < -0.39 is 0 Å². The van der Waals surface area contributed by atoms with Crippen LogP contribution < -0.4 is 5.32 Å². The van der Waals surface area contributed by atoms with Gasteiger partial charge in [0.1, 0.15) is 0 Å². The van der Waals surface area contributed by atoms with Crippen LogP contribution in [0.3, 0.4) is 0 Å². The Morgan fingerprint density at radius 2 is 1.90 bits per heavy atom. The molecule has 1 aliphatic carbocycles. The van der Waals surface area contributed by atoms with E-state index in [4.69, 9.17) is 5.10 Å². The zero-order valence-corrected chi connectivity index (χ0v) is 13.7. The Kier molecular flexibility index (Phi) is 5.64. The Hall–Kier alpha value is -0.830. The number of aryl methyl sites for hydroxylation is 1. The van der Waals surface area contributed by atoms with Crippen LogP contribution in [-0.2, 0) is 19.3 Å². The smallest absolute Gasteiger partial charge is 0.0657 e. The van der Waals surface area contributed by atoms with Crippen molar-refractivity contribution in [3.63, 3.8) is 0 Å². The molecule has 3 heteroatoms. The number of nitrogens with zero attached hydrogens (tertiary/aromatic N) is 2. The highest BCUT2D eigenvalue weighted by molar-refractivity contribution is 5.28. The summed E-state index contributed by atoms with van der Waals surface area (Å²) >= 11 is 0. The summed E-state index contributed by atoms with van der Waals surface area (Å²) in [6.45, 7) is 10.0. The van der Waals surface area contributed by atoms with E-state index in [9.17, 15) is 0 Å². The molecule has 0 bridgehead atoms. The van der Waals surface area contributed by atoms with Gasteiger partial charge in [0.05, 0.1) is 11.7 Å². The van der Waals surface area contributed by atoms with Crippen molar-refractivity contribution in [1.82, 2.24) is 15.1 Å². The Balaban J connectivity index is 2.19. The molecule has 0 amide bonds. The SMILES string of the molecule is CCc1nn(C2CCCC2)c(CC)c1CCNC(C)C. The summed E-state index contributed by atoms with van der Waals surface area (Å²) in [6.07, 6.45) is 8.68. The lowest BCUT2D eigenvalue weighted by Gasteiger charge is -2.14. The second-order valence-electron chi connectivity index (χ2n) is 6.32. The van der Waals surface area contributed by atoms with Gasteiger partial charge in [-0.25, -0.2) is 0 Å². The Labute approximate surface area is 124 Å². The summed E-state index contributed by atoms with van der Waals surface area (Å²) in [6, 6.07) is 1.23. The maximum absolute atomic E-state index is 4.97. The fraction of sp³-hybridized carbons (Fsp3) is 0.824. The minimum absolute atomic E-state index is 0.565. The molecule has 0 aliphatic heterocycles. The lowest BCUT2D eigenvalue weighted by atomic mass is 10.1. The summed E-state index contributed by atoms with van der Waals surface area (Å²) in [5.74, 6) is 0. The van der Waals surface area contributed by atoms with Crippen molar-refractivity contribution in [2.75, 3.05) is 6.54 Å². The fourth-order valence-electron chi connectivity index (χ4n) is 3.44. The van der Waals surface area contributed by atoms with Gasteiger partial charge in [-0.3, -0.25) is 4.68 Å². The Bertz CT molecular complexity index is 414. The molecule has 1 fully saturated rings. The molecule has 3 nitrogen and oxygen atoms in total. The fourth-order valence-corrected chi connectivity index (χ4v) is 3.44. The first-order valence-corrected chi connectivity index (χ1v) is 8.49.